The molecule has 0 saturated carbocycles. The molecule has 5 nitrogen and oxygen atoms in total. The van der Waals surface area contributed by atoms with Gasteiger partial charge in [-0.2, -0.15) is 9.97 Å². The molecule has 4 aromatic heterocycles. The van der Waals surface area contributed by atoms with Crippen molar-refractivity contribution < 1.29 is 0 Å². The lowest BCUT2D eigenvalue weighted by Crippen LogP contribution is -2.48. The lowest BCUT2D eigenvalue weighted by atomic mass is 9.50. The third-order valence-electron chi connectivity index (χ3n) is 19.5. The molecule has 85 heavy (non-hydrogen) atoms. The molecule has 0 spiro atoms. The highest BCUT2D eigenvalue weighted by molar-refractivity contribution is 7.26. The zero-order chi connectivity index (χ0) is 55.3. The van der Waals surface area contributed by atoms with Gasteiger partial charge in [-0.15, -0.1) is 11.3 Å². The second-order valence-electron chi connectivity index (χ2n) is 23.2. The molecule has 3 aliphatic carbocycles. The average molecular weight is 1100 g/mol. The van der Waals surface area contributed by atoms with Crippen LogP contribution in [0, 0.1) is 0 Å². The van der Waals surface area contributed by atoms with Gasteiger partial charge in [0.05, 0.1) is 32.9 Å². The highest BCUT2D eigenvalue weighted by Gasteiger charge is 2.69. The minimum atomic E-state index is -0.631. The van der Waals surface area contributed by atoms with Gasteiger partial charge in [-0.25, -0.2) is 4.98 Å². The molecule has 0 radical (unpaired) electrons. The first-order valence-corrected chi connectivity index (χ1v) is 30.1. The summed E-state index contributed by atoms with van der Waals surface area (Å²) in [4.78, 5) is 16.9. The summed E-state index contributed by atoms with van der Waals surface area (Å²) in [6, 6.07) is 101. The van der Waals surface area contributed by atoms with E-state index in [-0.39, 0.29) is 0 Å². The Bertz CT molecular complexity index is 5740. The highest BCUT2D eigenvalue weighted by atomic mass is 32.1. The number of hydrogen-bond donors (Lipinski definition) is 0. The minimum Gasteiger partial charge on any atom is -0.307 e. The van der Waals surface area contributed by atoms with E-state index in [0.717, 1.165) is 60.4 Å². The van der Waals surface area contributed by atoms with Gasteiger partial charge in [0.1, 0.15) is 0 Å². The van der Waals surface area contributed by atoms with Gasteiger partial charge in [-0.3, -0.25) is 4.57 Å². The molecular weight excluding hydrogens is 1050 g/mol. The van der Waals surface area contributed by atoms with Gasteiger partial charge >= 0.3 is 0 Å². The molecule has 20 rings (SSSR count). The van der Waals surface area contributed by atoms with Gasteiger partial charge in [0.2, 0.25) is 5.95 Å². The molecule has 392 valence electrons. The Morgan fingerprint density at radius 3 is 1.44 bits per heavy atom. The van der Waals surface area contributed by atoms with Crippen LogP contribution in [0.3, 0.4) is 0 Å². The molecule has 4 heterocycles. The van der Waals surface area contributed by atoms with Crippen molar-refractivity contribution in [3.8, 4) is 56.7 Å². The normalized spacial score (nSPS) is 16.3. The predicted molar refractivity (Wildman–Crippen MR) is 351 cm³/mol. The summed E-state index contributed by atoms with van der Waals surface area (Å²) in [6.45, 7) is 0. The summed E-state index contributed by atoms with van der Waals surface area (Å²) in [5.41, 5.74) is 19.1. The third-order valence-corrected chi connectivity index (χ3v) is 20.7. The molecule has 6 heteroatoms. The smallest absolute Gasteiger partial charge is 0.238 e. The fourth-order valence-corrected chi connectivity index (χ4v) is 17.7. The SMILES string of the molecule is c1ccc(-c2nc(-c3ccc4c5c(cccc35)C35c6ccccc6-c6ccccc6C43c3ccc(-c4cccc6c4sc4ccccc46)c4cccc5c34)nc(-n3c4ccccc4c4ccc5c6ccccc6n(-c6ccccc6)c5c43)n2)cc1. The maximum atomic E-state index is 5.77. The summed E-state index contributed by atoms with van der Waals surface area (Å²) in [7, 11) is 0. The van der Waals surface area contributed by atoms with Crippen LogP contribution in [0.4, 0.5) is 0 Å². The van der Waals surface area contributed by atoms with Crippen LogP contribution in [0.15, 0.2) is 273 Å². The molecule has 0 bridgehead atoms. The molecule has 0 aliphatic heterocycles. The van der Waals surface area contributed by atoms with Crippen molar-refractivity contribution in [2.45, 2.75) is 10.8 Å². The number of aromatic nitrogens is 5. The lowest BCUT2D eigenvalue weighted by Gasteiger charge is -2.50. The number of fused-ring (bicyclic) bond motifs is 13. The van der Waals surface area contributed by atoms with E-state index in [1.54, 1.807) is 0 Å². The largest absolute Gasteiger partial charge is 0.307 e. The van der Waals surface area contributed by atoms with E-state index in [4.69, 9.17) is 15.0 Å². The molecule has 0 saturated heterocycles. The van der Waals surface area contributed by atoms with Crippen LogP contribution < -0.4 is 0 Å². The lowest BCUT2D eigenvalue weighted by molar-refractivity contribution is 0.461. The Kier molecular flexibility index (Phi) is 8.87. The van der Waals surface area contributed by atoms with Gasteiger partial charge in [0.15, 0.2) is 11.6 Å². The number of hydrogen-bond acceptors (Lipinski definition) is 4. The maximum Gasteiger partial charge on any atom is 0.238 e. The molecule has 0 N–H and O–H groups in total. The van der Waals surface area contributed by atoms with Crippen molar-refractivity contribution in [2.24, 2.45) is 0 Å². The number of nitrogens with zero attached hydrogens (tertiary/aromatic N) is 5. The quantitative estimate of drug-likeness (QED) is 0.173. The second kappa shape index (κ2) is 16.5. The van der Waals surface area contributed by atoms with E-state index in [2.05, 4.69) is 282 Å². The molecule has 17 aromatic rings. The molecule has 3 aliphatic rings. The van der Waals surface area contributed by atoms with Crippen molar-refractivity contribution in [2.75, 3.05) is 0 Å². The molecule has 2 atom stereocenters. The van der Waals surface area contributed by atoms with Crippen LogP contribution in [0.5, 0.6) is 0 Å². The number of benzene rings is 13. The zero-order valence-electron chi connectivity index (χ0n) is 45.6. The van der Waals surface area contributed by atoms with Gasteiger partial charge in [0, 0.05) is 64.1 Å². The zero-order valence-corrected chi connectivity index (χ0v) is 46.4. The van der Waals surface area contributed by atoms with E-state index >= 15 is 0 Å². The van der Waals surface area contributed by atoms with Crippen LogP contribution in [0.1, 0.15) is 33.4 Å². The van der Waals surface area contributed by atoms with E-state index in [9.17, 15) is 0 Å². The average Bonchev–Trinajstić information content (AvgIpc) is 1.46. The van der Waals surface area contributed by atoms with Crippen LogP contribution in [0.2, 0.25) is 0 Å². The Morgan fingerprint density at radius 1 is 0.282 bits per heavy atom. The van der Waals surface area contributed by atoms with E-state index < -0.39 is 10.8 Å². The van der Waals surface area contributed by atoms with Gasteiger partial charge < -0.3 is 4.57 Å². The van der Waals surface area contributed by atoms with Gasteiger partial charge in [0.25, 0.3) is 0 Å². The van der Waals surface area contributed by atoms with Crippen molar-refractivity contribution >= 4 is 96.7 Å². The molecule has 0 amide bonds. The van der Waals surface area contributed by atoms with Crippen LogP contribution >= 0.6 is 11.3 Å². The first kappa shape index (κ1) is 45.8. The minimum absolute atomic E-state index is 0.559. The van der Waals surface area contributed by atoms with Crippen molar-refractivity contribution in [1.82, 2.24) is 24.1 Å². The maximum absolute atomic E-state index is 5.77. The fourth-order valence-electron chi connectivity index (χ4n) is 16.5. The molecular formula is C79H45N5S. The first-order chi connectivity index (χ1) is 42.2. The highest BCUT2D eigenvalue weighted by Crippen LogP contribution is 2.75. The van der Waals surface area contributed by atoms with E-state index in [1.165, 1.54) is 97.4 Å². The molecule has 2 unspecified atom stereocenters. The fraction of sp³-hybridized carbons (Fsp3) is 0.0253. The Hall–Kier alpha value is -10.8. The summed E-state index contributed by atoms with van der Waals surface area (Å²) in [5.74, 6) is 1.79. The van der Waals surface area contributed by atoms with Crippen LogP contribution in [-0.2, 0) is 10.8 Å². The van der Waals surface area contributed by atoms with Crippen molar-refractivity contribution in [1.29, 1.82) is 0 Å². The monoisotopic (exact) mass is 1100 g/mol. The Labute approximate surface area is 491 Å². The number of rotatable bonds is 5. The third kappa shape index (κ3) is 5.57. The summed E-state index contributed by atoms with van der Waals surface area (Å²) < 4.78 is 7.37. The molecule has 13 aromatic carbocycles. The van der Waals surface area contributed by atoms with Crippen molar-refractivity contribution in [3.05, 3.63) is 306 Å². The first-order valence-electron chi connectivity index (χ1n) is 29.3. The topological polar surface area (TPSA) is 48.5 Å². The van der Waals surface area contributed by atoms with Crippen LogP contribution in [0.25, 0.3) is 142 Å². The Balaban J connectivity index is 0.884. The van der Waals surface area contributed by atoms with Gasteiger partial charge in [-0.1, -0.05) is 243 Å². The summed E-state index contributed by atoms with van der Waals surface area (Å²) >= 11 is 1.90. The second-order valence-corrected chi connectivity index (χ2v) is 24.2. The summed E-state index contributed by atoms with van der Waals surface area (Å²) in [5, 5.41) is 12.2. The van der Waals surface area contributed by atoms with E-state index in [1.807, 2.05) is 11.3 Å². The Morgan fingerprint density at radius 2 is 0.753 bits per heavy atom. The summed E-state index contributed by atoms with van der Waals surface area (Å²) in [6.07, 6.45) is 0. The van der Waals surface area contributed by atoms with E-state index in [0.29, 0.717) is 17.6 Å². The number of para-hydroxylation sites is 3. The standard InChI is InChI=1S/C79H45N5S/c1-3-20-46(21-4-1)75-80-76(82-77(81-75)84-68-38-15-10-27-52(68)57-41-40-56-51-26-9-14-37-67(51)83(72(56)73(57)84)47-22-5-2-6-23-47)60-43-45-66-71-55(60)30-19-36-64(71)78-61-33-12-7-24-49(61)50-25-8-13-34-62(50)79(66,78)65-44-42-48(54-29-18-35-63(78)70(54)65)58-31-17-32-59-53-28-11-16-39-69(53)85-74(58)59/h1-45H. The van der Waals surface area contributed by atoms with Gasteiger partial charge in [-0.05, 0) is 102 Å². The molecule has 0 fully saturated rings. The van der Waals surface area contributed by atoms with Crippen LogP contribution in [-0.4, -0.2) is 24.1 Å². The number of thiophene rings is 1. The predicted octanol–water partition coefficient (Wildman–Crippen LogP) is 19.7. The van der Waals surface area contributed by atoms with Crippen molar-refractivity contribution in [3.63, 3.8) is 0 Å².